The Morgan fingerprint density at radius 2 is 2.60 bits per heavy atom. The first-order valence-corrected chi connectivity index (χ1v) is 4.31. The molecule has 0 saturated heterocycles. The number of allylic oxidation sites excluding steroid dienone is 1. The molecule has 1 atom stereocenters. The monoisotopic (exact) mass is 151 g/mol. The highest BCUT2D eigenvalue weighted by molar-refractivity contribution is 7.03. The molecule has 1 aromatic heterocycles. The molecule has 2 rings (SSSR count). The Labute approximate surface area is 64.6 Å². The third-order valence-electron chi connectivity index (χ3n) is 1.80. The molecule has 0 aliphatic heterocycles. The molecule has 0 N–H and O–H groups in total. The van der Waals surface area contributed by atoms with E-state index in [4.69, 9.17) is 0 Å². The van der Waals surface area contributed by atoms with Gasteiger partial charge in [-0.25, -0.2) is 0 Å². The molecular weight excluding hydrogens is 142 g/mol. The van der Waals surface area contributed by atoms with Gasteiger partial charge in [0.05, 0.1) is 5.69 Å². The van der Waals surface area contributed by atoms with Crippen molar-refractivity contribution in [2.75, 3.05) is 0 Å². The fourth-order valence-corrected chi connectivity index (χ4v) is 1.91. The standard InChI is InChI=1S/C8H9NS/c1-6-2-3-8-7(4-6)5-10-9-8/h2-3,5-6H,4H2,1H3. The minimum absolute atomic E-state index is 0.698. The number of nitrogens with zero attached hydrogens (tertiary/aromatic N) is 1. The summed E-state index contributed by atoms with van der Waals surface area (Å²) in [6, 6.07) is 0. The van der Waals surface area contributed by atoms with E-state index in [2.05, 4.69) is 28.8 Å². The minimum atomic E-state index is 0.698. The summed E-state index contributed by atoms with van der Waals surface area (Å²) in [6.07, 6.45) is 5.52. The normalized spacial score (nSPS) is 22.7. The van der Waals surface area contributed by atoms with Crippen molar-refractivity contribution < 1.29 is 0 Å². The minimum Gasteiger partial charge on any atom is -0.193 e. The van der Waals surface area contributed by atoms with Crippen LogP contribution in [0.3, 0.4) is 0 Å². The van der Waals surface area contributed by atoms with Crippen LogP contribution in [0.15, 0.2) is 11.5 Å². The highest BCUT2D eigenvalue weighted by Crippen LogP contribution is 2.22. The van der Waals surface area contributed by atoms with Crippen LogP contribution in [0, 0.1) is 5.92 Å². The fraction of sp³-hybridized carbons (Fsp3) is 0.375. The summed E-state index contributed by atoms with van der Waals surface area (Å²) in [5.74, 6) is 0.698. The third-order valence-corrected chi connectivity index (χ3v) is 2.49. The number of fused-ring (bicyclic) bond motifs is 1. The molecule has 0 saturated carbocycles. The topological polar surface area (TPSA) is 12.9 Å². The van der Waals surface area contributed by atoms with Gasteiger partial charge < -0.3 is 0 Å². The van der Waals surface area contributed by atoms with Crippen LogP contribution in [0.2, 0.25) is 0 Å². The van der Waals surface area contributed by atoms with Gasteiger partial charge in [-0.1, -0.05) is 13.0 Å². The lowest BCUT2D eigenvalue weighted by molar-refractivity contribution is 0.717. The molecule has 0 aromatic carbocycles. The van der Waals surface area contributed by atoms with E-state index in [9.17, 15) is 0 Å². The summed E-state index contributed by atoms with van der Waals surface area (Å²) in [5, 5.41) is 2.15. The third kappa shape index (κ3) is 0.886. The van der Waals surface area contributed by atoms with Crippen molar-refractivity contribution in [1.29, 1.82) is 0 Å². The van der Waals surface area contributed by atoms with Crippen LogP contribution in [-0.2, 0) is 6.42 Å². The van der Waals surface area contributed by atoms with Crippen LogP contribution < -0.4 is 0 Å². The SMILES string of the molecule is CC1C=Cc2nscc2C1. The smallest absolute Gasteiger partial charge is 0.0797 e. The Balaban J connectivity index is 2.43. The summed E-state index contributed by atoms with van der Waals surface area (Å²) in [4.78, 5) is 0. The summed E-state index contributed by atoms with van der Waals surface area (Å²) in [5.41, 5.74) is 2.60. The quantitative estimate of drug-likeness (QED) is 0.554. The lowest BCUT2D eigenvalue weighted by atomic mass is 9.96. The number of aromatic nitrogens is 1. The van der Waals surface area contributed by atoms with Gasteiger partial charge in [0.1, 0.15) is 0 Å². The molecule has 1 heterocycles. The predicted octanol–water partition coefficient (Wildman–Crippen LogP) is 2.35. The predicted molar refractivity (Wildman–Crippen MR) is 44.0 cm³/mol. The highest BCUT2D eigenvalue weighted by atomic mass is 32.1. The van der Waals surface area contributed by atoms with Gasteiger partial charge in [0.15, 0.2) is 0 Å². The molecular formula is C8H9NS. The molecule has 0 amide bonds. The average molecular weight is 151 g/mol. The maximum atomic E-state index is 4.25. The van der Waals surface area contributed by atoms with Gasteiger partial charge in [-0.3, -0.25) is 0 Å². The van der Waals surface area contributed by atoms with Crippen LogP contribution in [-0.4, -0.2) is 4.37 Å². The molecule has 2 heteroatoms. The summed E-state index contributed by atoms with van der Waals surface area (Å²) < 4.78 is 4.25. The van der Waals surface area contributed by atoms with Crippen LogP contribution in [0.5, 0.6) is 0 Å². The summed E-state index contributed by atoms with van der Waals surface area (Å²) in [6.45, 7) is 2.23. The number of hydrogen-bond donors (Lipinski definition) is 0. The van der Waals surface area contributed by atoms with Gasteiger partial charge >= 0.3 is 0 Å². The second-order valence-electron chi connectivity index (χ2n) is 2.77. The van der Waals surface area contributed by atoms with Gasteiger partial charge in [-0.2, -0.15) is 4.37 Å². The van der Waals surface area contributed by atoms with Crippen LogP contribution >= 0.6 is 11.5 Å². The average Bonchev–Trinajstić information content (AvgIpc) is 2.33. The lowest BCUT2D eigenvalue weighted by Crippen LogP contribution is -2.00. The first kappa shape index (κ1) is 6.10. The zero-order chi connectivity index (χ0) is 6.97. The Morgan fingerprint density at radius 3 is 3.50 bits per heavy atom. The van der Waals surface area contributed by atoms with E-state index in [0.717, 1.165) is 0 Å². The largest absolute Gasteiger partial charge is 0.193 e. The molecule has 0 bridgehead atoms. The van der Waals surface area contributed by atoms with E-state index in [1.807, 2.05) is 0 Å². The zero-order valence-corrected chi connectivity index (χ0v) is 6.69. The Kier molecular flexibility index (Phi) is 1.34. The Bertz CT molecular complexity index is 262. The second kappa shape index (κ2) is 2.20. The maximum absolute atomic E-state index is 4.25. The summed E-state index contributed by atoms with van der Waals surface area (Å²) in [7, 11) is 0. The molecule has 10 heavy (non-hydrogen) atoms. The Hall–Kier alpha value is -0.630. The van der Waals surface area contributed by atoms with Crippen molar-refractivity contribution in [3.8, 4) is 0 Å². The van der Waals surface area contributed by atoms with Crippen molar-refractivity contribution in [2.24, 2.45) is 5.92 Å². The van der Waals surface area contributed by atoms with Crippen LogP contribution in [0.4, 0.5) is 0 Å². The molecule has 52 valence electrons. The van der Waals surface area contributed by atoms with Gasteiger partial charge in [-0.05, 0) is 35.5 Å². The second-order valence-corrected chi connectivity index (χ2v) is 3.39. The van der Waals surface area contributed by atoms with Crippen molar-refractivity contribution in [1.82, 2.24) is 4.37 Å². The van der Waals surface area contributed by atoms with E-state index in [1.54, 1.807) is 11.5 Å². The molecule has 1 nitrogen and oxygen atoms in total. The first-order chi connectivity index (χ1) is 4.86. The molecule has 0 fully saturated rings. The van der Waals surface area contributed by atoms with Gasteiger partial charge in [0, 0.05) is 5.38 Å². The highest BCUT2D eigenvalue weighted by Gasteiger charge is 2.10. The maximum Gasteiger partial charge on any atom is 0.0797 e. The van der Waals surface area contributed by atoms with E-state index in [1.165, 1.54) is 17.7 Å². The molecule has 0 spiro atoms. The van der Waals surface area contributed by atoms with Gasteiger partial charge in [0.2, 0.25) is 0 Å². The lowest BCUT2D eigenvalue weighted by Gasteiger charge is -2.09. The first-order valence-electron chi connectivity index (χ1n) is 3.48. The molecule has 0 radical (unpaired) electrons. The van der Waals surface area contributed by atoms with Crippen molar-refractivity contribution in [2.45, 2.75) is 13.3 Å². The molecule has 1 aliphatic rings. The van der Waals surface area contributed by atoms with E-state index in [0.29, 0.717) is 5.92 Å². The number of rotatable bonds is 0. The fourth-order valence-electron chi connectivity index (χ4n) is 1.23. The van der Waals surface area contributed by atoms with Crippen molar-refractivity contribution in [3.05, 3.63) is 22.7 Å². The van der Waals surface area contributed by atoms with Crippen LogP contribution in [0.1, 0.15) is 18.2 Å². The number of hydrogen-bond acceptors (Lipinski definition) is 2. The van der Waals surface area contributed by atoms with Gasteiger partial charge in [0.25, 0.3) is 0 Å². The van der Waals surface area contributed by atoms with Crippen molar-refractivity contribution in [3.63, 3.8) is 0 Å². The van der Waals surface area contributed by atoms with E-state index >= 15 is 0 Å². The van der Waals surface area contributed by atoms with E-state index < -0.39 is 0 Å². The van der Waals surface area contributed by atoms with Crippen LogP contribution in [0.25, 0.3) is 6.08 Å². The molecule has 1 aliphatic carbocycles. The molecule has 1 aromatic rings. The summed E-state index contributed by atoms with van der Waals surface area (Å²) >= 11 is 1.56. The van der Waals surface area contributed by atoms with Crippen molar-refractivity contribution >= 4 is 17.6 Å². The zero-order valence-electron chi connectivity index (χ0n) is 5.87. The van der Waals surface area contributed by atoms with Gasteiger partial charge in [-0.15, -0.1) is 0 Å². The van der Waals surface area contributed by atoms with E-state index in [-0.39, 0.29) is 0 Å². The molecule has 1 unspecified atom stereocenters. The Morgan fingerprint density at radius 1 is 1.70 bits per heavy atom.